The average Bonchev–Trinajstić information content (AvgIpc) is 2.79. The van der Waals surface area contributed by atoms with E-state index in [9.17, 15) is 5.11 Å². The molecule has 0 radical (unpaired) electrons. The molecule has 0 saturated heterocycles. The maximum Gasteiger partial charge on any atom is 0.140 e. The summed E-state index contributed by atoms with van der Waals surface area (Å²) in [5, 5.41) is 10.4. The van der Waals surface area contributed by atoms with Crippen molar-refractivity contribution in [1.82, 2.24) is 4.98 Å². The lowest BCUT2D eigenvalue weighted by Crippen LogP contribution is -1.94. The minimum Gasteiger partial charge on any atom is -0.506 e. The van der Waals surface area contributed by atoms with E-state index in [4.69, 9.17) is 4.74 Å². The summed E-state index contributed by atoms with van der Waals surface area (Å²) >= 11 is 0. The quantitative estimate of drug-likeness (QED) is 0.735. The number of aromatic hydroxyl groups is 1. The van der Waals surface area contributed by atoms with E-state index in [0.717, 1.165) is 22.2 Å². The molecule has 90 valence electrons. The first-order chi connectivity index (χ1) is 8.83. The highest BCUT2D eigenvalue weighted by Crippen LogP contribution is 2.28. The van der Waals surface area contributed by atoms with Gasteiger partial charge in [0.15, 0.2) is 0 Å². The van der Waals surface area contributed by atoms with Crippen LogP contribution in [0.3, 0.4) is 0 Å². The van der Waals surface area contributed by atoms with Gasteiger partial charge in [-0.2, -0.15) is 0 Å². The van der Waals surface area contributed by atoms with Crippen LogP contribution in [0.25, 0.3) is 10.9 Å². The SMILES string of the molecule is Oc1c[nH]c2ccc(OCc3ccccc3)cc12. The van der Waals surface area contributed by atoms with Gasteiger partial charge in [-0.25, -0.2) is 0 Å². The zero-order chi connectivity index (χ0) is 12.4. The first-order valence-electron chi connectivity index (χ1n) is 5.80. The molecule has 18 heavy (non-hydrogen) atoms. The van der Waals surface area contributed by atoms with Gasteiger partial charge in [0.1, 0.15) is 18.1 Å². The van der Waals surface area contributed by atoms with Gasteiger partial charge in [-0.3, -0.25) is 0 Å². The summed E-state index contributed by atoms with van der Waals surface area (Å²) in [5.74, 6) is 0.997. The lowest BCUT2D eigenvalue weighted by atomic mass is 10.2. The van der Waals surface area contributed by atoms with Gasteiger partial charge in [-0.1, -0.05) is 30.3 Å². The topological polar surface area (TPSA) is 45.2 Å². The van der Waals surface area contributed by atoms with Gasteiger partial charge in [0.2, 0.25) is 0 Å². The number of fused-ring (bicyclic) bond motifs is 1. The van der Waals surface area contributed by atoms with Crippen molar-refractivity contribution in [1.29, 1.82) is 0 Å². The predicted octanol–water partition coefficient (Wildman–Crippen LogP) is 3.45. The van der Waals surface area contributed by atoms with Crippen LogP contribution in [0.1, 0.15) is 5.56 Å². The third-order valence-electron chi connectivity index (χ3n) is 2.88. The molecule has 3 nitrogen and oxygen atoms in total. The van der Waals surface area contributed by atoms with Gasteiger partial charge >= 0.3 is 0 Å². The minimum atomic E-state index is 0.246. The standard InChI is InChI=1S/C15H13NO2/c17-15-9-16-14-7-6-12(8-13(14)15)18-10-11-4-2-1-3-5-11/h1-9,16-17H,10H2. The Morgan fingerprint density at radius 1 is 1.06 bits per heavy atom. The molecule has 2 N–H and O–H groups in total. The van der Waals surface area contributed by atoms with Gasteiger partial charge < -0.3 is 14.8 Å². The van der Waals surface area contributed by atoms with E-state index < -0.39 is 0 Å². The average molecular weight is 239 g/mol. The lowest BCUT2D eigenvalue weighted by Gasteiger charge is -2.06. The summed E-state index contributed by atoms with van der Waals surface area (Å²) in [5.41, 5.74) is 2.02. The van der Waals surface area contributed by atoms with Crippen LogP contribution in [0.2, 0.25) is 0 Å². The first kappa shape index (κ1) is 10.7. The molecule has 0 aliphatic rings. The van der Waals surface area contributed by atoms with E-state index in [-0.39, 0.29) is 5.75 Å². The monoisotopic (exact) mass is 239 g/mol. The summed E-state index contributed by atoms with van der Waals surface area (Å²) in [4.78, 5) is 2.98. The number of hydrogen-bond acceptors (Lipinski definition) is 2. The van der Waals surface area contributed by atoms with Crippen LogP contribution >= 0.6 is 0 Å². The van der Waals surface area contributed by atoms with Crippen molar-refractivity contribution in [2.75, 3.05) is 0 Å². The number of aromatic amines is 1. The fraction of sp³-hybridized carbons (Fsp3) is 0.0667. The molecule has 0 amide bonds. The third kappa shape index (κ3) is 2.02. The second-order valence-electron chi connectivity index (χ2n) is 4.16. The Labute approximate surface area is 105 Å². The summed E-state index contributed by atoms with van der Waals surface area (Å²) in [6.45, 7) is 0.525. The highest BCUT2D eigenvalue weighted by molar-refractivity contribution is 5.86. The van der Waals surface area contributed by atoms with Crippen molar-refractivity contribution in [3.05, 3.63) is 60.3 Å². The molecule has 0 saturated carbocycles. The van der Waals surface area contributed by atoms with Gasteiger partial charge in [0.05, 0.1) is 0 Å². The fourth-order valence-electron chi connectivity index (χ4n) is 1.92. The zero-order valence-electron chi connectivity index (χ0n) is 9.76. The molecular formula is C15H13NO2. The summed E-state index contributed by atoms with van der Waals surface area (Å²) in [7, 11) is 0. The Kier molecular flexibility index (Phi) is 2.65. The van der Waals surface area contributed by atoms with Gasteiger partial charge in [-0.15, -0.1) is 0 Å². The van der Waals surface area contributed by atoms with E-state index in [1.807, 2.05) is 48.5 Å². The smallest absolute Gasteiger partial charge is 0.140 e. The van der Waals surface area contributed by atoms with Crippen LogP contribution in [-0.4, -0.2) is 10.1 Å². The van der Waals surface area contributed by atoms with Crippen molar-refractivity contribution in [2.45, 2.75) is 6.61 Å². The van der Waals surface area contributed by atoms with Gasteiger partial charge in [0.25, 0.3) is 0 Å². The first-order valence-corrected chi connectivity index (χ1v) is 5.80. The Balaban J connectivity index is 1.80. The van der Waals surface area contributed by atoms with Crippen LogP contribution in [0.4, 0.5) is 0 Å². The molecular weight excluding hydrogens is 226 g/mol. The third-order valence-corrected chi connectivity index (χ3v) is 2.88. The van der Waals surface area contributed by atoms with Crippen molar-refractivity contribution in [3.8, 4) is 11.5 Å². The van der Waals surface area contributed by atoms with Gasteiger partial charge in [-0.05, 0) is 23.8 Å². The normalized spacial score (nSPS) is 10.7. The molecule has 0 aliphatic carbocycles. The molecule has 0 spiro atoms. The number of hydrogen-bond donors (Lipinski definition) is 2. The van der Waals surface area contributed by atoms with E-state index >= 15 is 0 Å². The van der Waals surface area contributed by atoms with E-state index in [1.54, 1.807) is 6.20 Å². The molecule has 1 aromatic heterocycles. The van der Waals surface area contributed by atoms with Gasteiger partial charge in [0, 0.05) is 17.1 Å². The molecule has 0 unspecified atom stereocenters. The number of ether oxygens (including phenoxy) is 1. The molecule has 0 atom stereocenters. The van der Waals surface area contributed by atoms with E-state index in [0.29, 0.717) is 6.61 Å². The second-order valence-corrected chi connectivity index (χ2v) is 4.16. The van der Waals surface area contributed by atoms with Crippen molar-refractivity contribution < 1.29 is 9.84 Å². The summed E-state index contributed by atoms with van der Waals surface area (Å²) < 4.78 is 5.70. The van der Waals surface area contributed by atoms with Crippen LogP contribution in [0.15, 0.2) is 54.7 Å². The maximum absolute atomic E-state index is 9.63. The second kappa shape index (κ2) is 4.45. The number of aromatic nitrogens is 1. The van der Waals surface area contributed by atoms with E-state index in [1.165, 1.54) is 0 Å². The largest absolute Gasteiger partial charge is 0.506 e. The Hall–Kier alpha value is -2.42. The lowest BCUT2D eigenvalue weighted by molar-refractivity contribution is 0.306. The molecule has 3 rings (SSSR count). The highest BCUT2D eigenvalue weighted by atomic mass is 16.5. The minimum absolute atomic E-state index is 0.246. The number of H-pyrrole nitrogens is 1. The van der Waals surface area contributed by atoms with Crippen LogP contribution in [-0.2, 0) is 6.61 Å². The van der Waals surface area contributed by atoms with Crippen molar-refractivity contribution in [2.24, 2.45) is 0 Å². The van der Waals surface area contributed by atoms with Crippen LogP contribution < -0.4 is 4.74 Å². The number of nitrogens with one attached hydrogen (secondary N) is 1. The summed E-state index contributed by atoms with van der Waals surface area (Å²) in [6.07, 6.45) is 1.58. The van der Waals surface area contributed by atoms with Crippen molar-refractivity contribution in [3.63, 3.8) is 0 Å². The van der Waals surface area contributed by atoms with Crippen molar-refractivity contribution >= 4 is 10.9 Å². The Morgan fingerprint density at radius 2 is 1.89 bits per heavy atom. The molecule has 1 heterocycles. The van der Waals surface area contributed by atoms with Crippen LogP contribution in [0, 0.1) is 0 Å². The Bertz CT molecular complexity index is 659. The molecule has 0 bridgehead atoms. The molecule has 0 aliphatic heterocycles. The fourth-order valence-corrected chi connectivity index (χ4v) is 1.92. The van der Waals surface area contributed by atoms with Crippen LogP contribution in [0.5, 0.6) is 11.5 Å². The molecule has 2 aromatic carbocycles. The highest BCUT2D eigenvalue weighted by Gasteiger charge is 2.03. The Morgan fingerprint density at radius 3 is 2.72 bits per heavy atom. The molecule has 3 heteroatoms. The maximum atomic E-state index is 9.63. The molecule has 3 aromatic rings. The van der Waals surface area contributed by atoms with E-state index in [2.05, 4.69) is 4.98 Å². The number of benzene rings is 2. The molecule has 0 fully saturated rings. The zero-order valence-corrected chi connectivity index (χ0v) is 9.76. The summed E-state index contributed by atoms with van der Waals surface area (Å²) in [6, 6.07) is 15.6. The predicted molar refractivity (Wildman–Crippen MR) is 70.7 cm³/mol. The number of rotatable bonds is 3.